The molecule has 1 aliphatic rings. The Hall–Kier alpha value is -1.61. The van der Waals surface area contributed by atoms with Gasteiger partial charge in [0, 0.05) is 12.3 Å². The molecule has 2 rings (SSSR count). The van der Waals surface area contributed by atoms with Gasteiger partial charge in [0.1, 0.15) is 6.10 Å². The quantitative estimate of drug-likeness (QED) is 0.606. The Balaban J connectivity index is 1.89. The number of carbonyl (C=O) groups is 1. The van der Waals surface area contributed by atoms with Crippen molar-refractivity contribution in [1.82, 2.24) is 0 Å². The summed E-state index contributed by atoms with van der Waals surface area (Å²) in [5.74, 6) is 0.0140. The van der Waals surface area contributed by atoms with Gasteiger partial charge in [0.05, 0.1) is 18.1 Å². The molecule has 120 valence electrons. The van der Waals surface area contributed by atoms with Gasteiger partial charge in [-0.15, -0.1) is 6.58 Å². The molecule has 0 bridgehead atoms. The summed E-state index contributed by atoms with van der Waals surface area (Å²) in [6, 6.07) is 10.1. The standard InChI is InChI=1S/C19H26O3/c1-5-15-11-16(21-13-14-9-7-6-8-10-14)12-17(15)22-18(20)19(2,3)4/h5-10,15-17H,1,11-13H2,2-4H3/t15-,16+,17+/m1/s1. The van der Waals surface area contributed by atoms with Gasteiger partial charge in [-0.3, -0.25) is 4.79 Å². The summed E-state index contributed by atoms with van der Waals surface area (Å²) in [5, 5.41) is 0. The fourth-order valence-electron chi connectivity index (χ4n) is 2.61. The number of carbonyl (C=O) groups excluding carboxylic acids is 1. The minimum atomic E-state index is -0.477. The first-order valence-electron chi connectivity index (χ1n) is 7.89. The molecule has 0 aromatic heterocycles. The zero-order valence-corrected chi connectivity index (χ0v) is 13.7. The van der Waals surface area contributed by atoms with Gasteiger partial charge < -0.3 is 9.47 Å². The Morgan fingerprint density at radius 3 is 2.55 bits per heavy atom. The predicted molar refractivity (Wildman–Crippen MR) is 87.3 cm³/mol. The van der Waals surface area contributed by atoms with Crippen LogP contribution in [0.1, 0.15) is 39.2 Å². The second-order valence-electron chi connectivity index (χ2n) is 6.98. The lowest BCUT2D eigenvalue weighted by Gasteiger charge is -2.23. The molecular formula is C19H26O3. The van der Waals surface area contributed by atoms with Crippen molar-refractivity contribution in [3.05, 3.63) is 48.6 Å². The van der Waals surface area contributed by atoms with Crippen LogP contribution < -0.4 is 0 Å². The van der Waals surface area contributed by atoms with Crippen molar-refractivity contribution < 1.29 is 14.3 Å². The van der Waals surface area contributed by atoms with E-state index in [1.165, 1.54) is 0 Å². The van der Waals surface area contributed by atoms with Crippen LogP contribution in [0.5, 0.6) is 0 Å². The Morgan fingerprint density at radius 2 is 1.95 bits per heavy atom. The summed E-state index contributed by atoms with van der Waals surface area (Å²) >= 11 is 0. The molecule has 0 radical (unpaired) electrons. The smallest absolute Gasteiger partial charge is 0.311 e. The highest BCUT2D eigenvalue weighted by molar-refractivity contribution is 5.75. The summed E-state index contributed by atoms with van der Waals surface area (Å²) in [6.07, 6.45) is 3.47. The van der Waals surface area contributed by atoms with Crippen molar-refractivity contribution in [2.24, 2.45) is 11.3 Å². The summed E-state index contributed by atoms with van der Waals surface area (Å²) in [6.45, 7) is 10.1. The lowest BCUT2D eigenvalue weighted by atomic mass is 9.97. The number of rotatable bonds is 5. The van der Waals surface area contributed by atoms with E-state index < -0.39 is 5.41 Å². The monoisotopic (exact) mass is 302 g/mol. The predicted octanol–water partition coefficient (Wildman–Crippen LogP) is 4.13. The molecule has 1 saturated carbocycles. The number of hydrogen-bond acceptors (Lipinski definition) is 3. The van der Waals surface area contributed by atoms with Crippen molar-refractivity contribution in [1.29, 1.82) is 0 Å². The number of hydrogen-bond donors (Lipinski definition) is 0. The third-order valence-electron chi connectivity index (χ3n) is 4.01. The average molecular weight is 302 g/mol. The highest BCUT2D eigenvalue weighted by Gasteiger charge is 2.37. The van der Waals surface area contributed by atoms with Gasteiger partial charge in [-0.05, 0) is 32.8 Å². The Morgan fingerprint density at radius 1 is 1.27 bits per heavy atom. The highest BCUT2D eigenvalue weighted by atomic mass is 16.5. The van der Waals surface area contributed by atoms with E-state index in [4.69, 9.17) is 9.47 Å². The first kappa shape index (κ1) is 16.8. The first-order chi connectivity index (χ1) is 10.4. The molecule has 3 nitrogen and oxygen atoms in total. The molecule has 0 aliphatic heterocycles. The van der Waals surface area contributed by atoms with E-state index in [0.29, 0.717) is 6.61 Å². The minimum absolute atomic E-state index is 0.112. The molecule has 1 aromatic carbocycles. The van der Waals surface area contributed by atoms with Crippen LogP contribution in [0.3, 0.4) is 0 Å². The van der Waals surface area contributed by atoms with Crippen LogP contribution >= 0.6 is 0 Å². The number of benzene rings is 1. The molecule has 1 aromatic rings. The van der Waals surface area contributed by atoms with Crippen LogP contribution in [-0.4, -0.2) is 18.2 Å². The second-order valence-corrected chi connectivity index (χ2v) is 6.98. The van der Waals surface area contributed by atoms with Crippen molar-refractivity contribution >= 4 is 5.97 Å². The van der Waals surface area contributed by atoms with Crippen molar-refractivity contribution in [2.45, 2.75) is 52.4 Å². The normalized spacial score (nSPS) is 25.0. The fraction of sp³-hybridized carbons (Fsp3) is 0.526. The molecule has 0 spiro atoms. The lowest BCUT2D eigenvalue weighted by Crippen LogP contribution is -2.29. The molecule has 0 unspecified atom stereocenters. The van der Waals surface area contributed by atoms with E-state index >= 15 is 0 Å². The fourth-order valence-corrected chi connectivity index (χ4v) is 2.61. The number of esters is 1. The van der Waals surface area contributed by atoms with Crippen molar-refractivity contribution in [2.75, 3.05) is 0 Å². The zero-order valence-electron chi connectivity index (χ0n) is 13.7. The third-order valence-corrected chi connectivity index (χ3v) is 4.01. The van der Waals surface area contributed by atoms with Gasteiger partial charge >= 0.3 is 5.97 Å². The largest absolute Gasteiger partial charge is 0.461 e. The Bertz CT molecular complexity index is 501. The molecule has 0 N–H and O–H groups in total. The van der Waals surface area contributed by atoms with Crippen LogP contribution in [0.25, 0.3) is 0 Å². The average Bonchev–Trinajstić information content (AvgIpc) is 2.87. The van der Waals surface area contributed by atoms with Crippen molar-refractivity contribution in [3.63, 3.8) is 0 Å². The Labute approximate surface area is 133 Å². The number of ether oxygens (including phenoxy) is 2. The van der Waals surface area contributed by atoms with Crippen LogP contribution in [0.15, 0.2) is 43.0 Å². The minimum Gasteiger partial charge on any atom is -0.461 e. The van der Waals surface area contributed by atoms with E-state index in [1.54, 1.807) is 0 Å². The van der Waals surface area contributed by atoms with Crippen LogP contribution in [0, 0.1) is 11.3 Å². The van der Waals surface area contributed by atoms with Gasteiger partial charge in [0.25, 0.3) is 0 Å². The maximum absolute atomic E-state index is 12.1. The van der Waals surface area contributed by atoms with Gasteiger partial charge in [0.2, 0.25) is 0 Å². The molecule has 0 heterocycles. The summed E-state index contributed by atoms with van der Waals surface area (Å²) in [4.78, 5) is 12.1. The molecule has 0 saturated heterocycles. The van der Waals surface area contributed by atoms with Crippen LogP contribution in [-0.2, 0) is 20.9 Å². The van der Waals surface area contributed by atoms with Gasteiger partial charge in [-0.25, -0.2) is 0 Å². The summed E-state index contributed by atoms with van der Waals surface area (Å²) < 4.78 is 11.7. The van der Waals surface area contributed by atoms with E-state index in [0.717, 1.165) is 18.4 Å². The molecular weight excluding hydrogens is 276 g/mol. The van der Waals surface area contributed by atoms with E-state index in [-0.39, 0.29) is 24.1 Å². The van der Waals surface area contributed by atoms with Gasteiger partial charge in [-0.2, -0.15) is 0 Å². The maximum atomic E-state index is 12.1. The lowest BCUT2D eigenvalue weighted by molar-refractivity contribution is -0.159. The zero-order chi connectivity index (χ0) is 16.2. The second kappa shape index (κ2) is 7.10. The van der Waals surface area contributed by atoms with Crippen molar-refractivity contribution in [3.8, 4) is 0 Å². The molecule has 3 atom stereocenters. The summed E-state index contributed by atoms with van der Waals surface area (Å²) in [5.41, 5.74) is 0.683. The SMILES string of the molecule is C=C[C@@H]1C[C@H](OCc2ccccc2)C[C@@H]1OC(=O)C(C)(C)C. The van der Waals surface area contributed by atoms with Gasteiger partial charge in [-0.1, -0.05) is 36.4 Å². The Kier molecular flexibility index (Phi) is 5.41. The topological polar surface area (TPSA) is 35.5 Å². The highest BCUT2D eigenvalue weighted by Crippen LogP contribution is 2.33. The van der Waals surface area contributed by atoms with E-state index in [9.17, 15) is 4.79 Å². The van der Waals surface area contributed by atoms with Crippen LogP contribution in [0.4, 0.5) is 0 Å². The van der Waals surface area contributed by atoms with E-state index in [1.807, 2.05) is 45.0 Å². The molecule has 1 fully saturated rings. The summed E-state index contributed by atoms with van der Waals surface area (Å²) in [7, 11) is 0. The molecule has 22 heavy (non-hydrogen) atoms. The van der Waals surface area contributed by atoms with E-state index in [2.05, 4.69) is 18.7 Å². The molecule has 3 heteroatoms. The third kappa shape index (κ3) is 4.44. The first-order valence-corrected chi connectivity index (χ1v) is 7.89. The molecule has 0 amide bonds. The van der Waals surface area contributed by atoms with Crippen LogP contribution in [0.2, 0.25) is 0 Å². The maximum Gasteiger partial charge on any atom is 0.311 e. The van der Waals surface area contributed by atoms with Gasteiger partial charge in [0.15, 0.2) is 0 Å². The molecule has 1 aliphatic carbocycles.